The molecule has 0 bridgehead atoms. The average molecular weight is 652 g/mol. The minimum atomic E-state index is -8.69. The Balaban J connectivity index is 2.01. The molecular weight excluding hydrogens is 639 g/mol. The van der Waals surface area contributed by atoms with Gasteiger partial charge in [0.25, 0.3) is 0 Å². The number of carbonyl (C=O) groups excluding carboxylic acids is 1. The average Bonchev–Trinajstić information content (AvgIpc) is 2.89. The number of benzene rings is 3. The number of Topliss-reactive ketones (excluding diaryl/α,β-unsaturated/α-hetero) is 1. The lowest BCUT2D eigenvalue weighted by atomic mass is 9.87. The van der Waals surface area contributed by atoms with Crippen LogP contribution >= 0.6 is 0 Å². The van der Waals surface area contributed by atoms with Crippen LogP contribution in [0.3, 0.4) is 0 Å². The summed E-state index contributed by atoms with van der Waals surface area (Å²) in [5.74, 6) is -58.5. The van der Waals surface area contributed by atoms with Crippen LogP contribution in [-0.4, -0.2) is 53.4 Å². The Morgan fingerprint density at radius 1 is 0.488 bits per heavy atom. The Hall–Kier alpha value is -3.34. The van der Waals surface area contributed by atoms with E-state index in [2.05, 4.69) is 0 Å². The summed E-state index contributed by atoms with van der Waals surface area (Å²) in [6.45, 7) is 0. The molecule has 0 aliphatic carbocycles. The third-order valence-electron chi connectivity index (χ3n) is 6.50. The number of fused-ring (bicyclic) bond motifs is 2. The van der Waals surface area contributed by atoms with E-state index in [-0.39, 0.29) is 21.5 Å². The molecular formula is C25H13F17O. The maximum absolute atomic E-state index is 14.4. The standard InChI is InChI=1S/C25H13F17O/c26-18(27,10-9-16(43)17-14-7-3-1-5-12(14)11-13-6-2-4-8-15(13)17)19(28,29)20(30,31)21(32,33)22(34,35)23(36,37)24(38,39)25(40,41)42/h1-8,11H,9-10H2. The van der Waals surface area contributed by atoms with Crippen molar-refractivity contribution in [2.75, 3.05) is 0 Å². The highest BCUT2D eigenvalue weighted by molar-refractivity contribution is 6.18. The van der Waals surface area contributed by atoms with Crippen molar-refractivity contribution in [1.29, 1.82) is 0 Å². The summed E-state index contributed by atoms with van der Waals surface area (Å²) >= 11 is 0. The van der Waals surface area contributed by atoms with E-state index in [0.29, 0.717) is 0 Å². The second-order valence-electron chi connectivity index (χ2n) is 9.27. The summed E-state index contributed by atoms with van der Waals surface area (Å²) in [6.07, 6.45) is -12.5. The van der Waals surface area contributed by atoms with Gasteiger partial charge in [-0.2, -0.15) is 74.6 Å². The molecule has 0 atom stereocenters. The number of hydrogen-bond acceptors (Lipinski definition) is 1. The van der Waals surface area contributed by atoms with E-state index in [9.17, 15) is 79.4 Å². The Morgan fingerprint density at radius 3 is 1.23 bits per heavy atom. The number of alkyl halides is 17. The molecule has 0 spiro atoms. The first-order valence-corrected chi connectivity index (χ1v) is 11.4. The second kappa shape index (κ2) is 10.1. The van der Waals surface area contributed by atoms with Gasteiger partial charge in [0.2, 0.25) is 0 Å². The number of carbonyl (C=O) groups is 1. The fraction of sp³-hybridized carbons (Fsp3) is 0.400. The van der Waals surface area contributed by atoms with Crippen molar-refractivity contribution >= 4 is 27.3 Å². The highest BCUT2D eigenvalue weighted by Gasteiger charge is 2.95. The molecule has 0 saturated carbocycles. The highest BCUT2D eigenvalue weighted by atomic mass is 19.4. The van der Waals surface area contributed by atoms with Gasteiger partial charge in [-0.25, -0.2) is 0 Å². The molecule has 18 heteroatoms. The predicted molar refractivity (Wildman–Crippen MR) is 116 cm³/mol. The predicted octanol–water partition coefficient (Wildman–Crippen LogP) is 9.97. The lowest BCUT2D eigenvalue weighted by molar-refractivity contribution is -0.461. The Labute approximate surface area is 228 Å². The summed E-state index contributed by atoms with van der Waals surface area (Å²) in [5, 5.41) is 0.606. The largest absolute Gasteiger partial charge is 0.460 e. The molecule has 1 nitrogen and oxygen atoms in total. The first-order chi connectivity index (χ1) is 19.2. The van der Waals surface area contributed by atoms with Crippen LogP contribution in [0.15, 0.2) is 54.6 Å². The molecule has 0 saturated heterocycles. The van der Waals surface area contributed by atoms with Crippen molar-refractivity contribution in [2.45, 2.75) is 60.5 Å². The molecule has 0 heterocycles. The Morgan fingerprint density at radius 2 is 0.837 bits per heavy atom. The molecule has 3 rings (SSSR count). The van der Waals surface area contributed by atoms with Gasteiger partial charge in [-0.3, -0.25) is 4.79 Å². The van der Waals surface area contributed by atoms with Gasteiger partial charge < -0.3 is 0 Å². The quantitative estimate of drug-likeness (QED) is 0.121. The maximum atomic E-state index is 14.4. The lowest BCUT2D eigenvalue weighted by Gasteiger charge is -2.42. The van der Waals surface area contributed by atoms with Crippen molar-refractivity contribution in [1.82, 2.24) is 0 Å². The van der Waals surface area contributed by atoms with Crippen LogP contribution in [-0.2, 0) is 0 Å². The summed E-state index contributed by atoms with van der Waals surface area (Å²) < 4.78 is 229. The zero-order chi connectivity index (χ0) is 33.2. The first kappa shape index (κ1) is 34.2. The summed E-state index contributed by atoms with van der Waals surface area (Å²) in [7, 11) is 0. The third-order valence-corrected chi connectivity index (χ3v) is 6.50. The highest BCUT2D eigenvalue weighted by Crippen LogP contribution is 2.64. The van der Waals surface area contributed by atoms with Crippen molar-refractivity contribution in [3.63, 3.8) is 0 Å². The van der Waals surface area contributed by atoms with Crippen LogP contribution in [0, 0.1) is 0 Å². The summed E-state index contributed by atoms with van der Waals surface area (Å²) in [6, 6.07) is 12.5. The lowest BCUT2D eigenvalue weighted by Crippen LogP contribution is -2.74. The minimum Gasteiger partial charge on any atom is -0.294 e. The van der Waals surface area contributed by atoms with Gasteiger partial charge in [-0.15, -0.1) is 0 Å². The number of halogens is 17. The van der Waals surface area contributed by atoms with Gasteiger partial charge in [0.1, 0.15) is 0 Å². The zero-order valence-corrected chi connectivity index (χ0v) is 20.4. The normalized spacial score (nSPS) is 14.9. The van der Waals surface area contributed by atoms with Crippen LogP contribution < -0.4 is 0 Å². The van der Waals surface area contributed by atoms with Crippen molar-refractivity contribution in [2.24, 2.45) is 0 Å². The van der Waals surface area contributed by atoms with Crippen molar-refractivity contribution in [3.05, 3.63) is 60.2 Å². The van der Waals surface area contributed by atoms with Crippen LogP contribution in [0.1, 0.15) is 23.2 Å². The molecule has 0 aliphatic rings. The van der Waals surface area contributed by atoms with E-state index in [4.69, 9.17) is 0 Å². The number of ketones is 1. The molecule has 3 aromatic carbocycles. The molecule has 0 amide bonds. The van der Waals surface area contributed by atoms with Crippen LogP contribution in [0.25, 0.3) is 21.5 Å². The monoisotopic (exact) mass is 652 g/mol. The SMILES string of the molecule is O=C(CCC(F)(F)C(F)(F)C(F)(F)C(F)(F)C(F)(F)C(F)(F)C(F)(F)C(F)(F)F)c1c2ccccc2cc2ccccc12. The van der Waals surface area contributed by atoms with Crippen LogP contribution in [0.5, 0.6) is 0 Å². The van der Waals surface area contributed by atoms with E-state index < -0.39 is 71.8 Å². The molecule has 0 aromatic heterocycles. The molecule has 0 radical (unpaired) electrons. The zero-order valence-electron chi connectivity index (χ0n) is 20.4. The summed E-state index contributed by atoms with van der Waals surface area (Å²) in [5.41, 5.74) is -0.439. The topological polar surface area (TPSA) is 17.1 Å². The van der Waals surface area contributed by atoms with Crippen molar-refractivity contribution in [3.8, 4) is 0 Å². The molecule has 0 fully saturated rings. The molecule has 3 aromatic rings. The third kappa shape index (κ3) is 4.84. The van der Waals surface area contributed by atoms with E-state index >= 15 is 0 Å². The Kier molecular flexibility index (Phi) is 8.03. The van der Waals surface area contributed by atoms with Gasteiger partial charge in [-0.05, 0) is 27.6 Å². The Bertz CT molecular complexity index is 1470. The van der Waals surface area contributed by atoms with E-state index in [1.165, 1.54) is 54.6 Å². The molecule has 0 aliphatic heterocycles. The van der Waals surface area contributed by atoms with Crippen LogP contribution in [0.4, 0.5) is 74.6 Å². The molecule has 238 valence electrons. The van der Waals surface area contributed by atoms with Crippen molar-refractivity contribution < 1.29 is 79.4 Å². The van der Waals surface area contributed by atoms with Gasteiger partial charge >= 0.3 is 47.6 Å². The fourth-order valence-corrected chi connectivity index (χ4v) is 4.06. The van der Waals surface area contributed by atoms with E-state index in [1.54, 1.807) is 0 Å². The molecule has 43 heavy (non-hydrogen) atoms. The number of hydrogen-bond donors (Lipinski definition) is 0. The van der Waals surface area contributed by atoms with E-state index in [0.717, 1.165) is 0 Å². The molecule has 0 unspecified atom stereocenters. The fourth-order valence-electron chi connectivity index (χ4n) is 4.06. The minimum absolute atomic E-state index is 0.0191. The molecule has 0 N–H and O–H groups in total. The summed E-state index contributed by atoms with van der Waals surface area (Å²) in [4.78, 5) is 12.9. The maximum Gasteiger partial charge on any atom is 0.460 e. The number of rotatable bonds is 10. The van der Waals surface area contributed by atoms with Gasteiger partial charge in [0.15, 0.2) is 5.78 Å². The van der Waals surface area contributed by atoms with Gasteiger partial charge in [0.05, 0.1) is 0 Å². The van der Waals surface area contributed by atoms with E-state index in [1.807, 2.05) is 0 Å². The van der Waals surface area contributed by atoms with Crippen LogP contribution in [0.2, 0.25) is 0 Å². The smallest absolute Gasteiger partial charge is 0.294 e. The second-order valence-corrected chi connectivity index (χ2v) is 9.27. The first-order valence-electron chi connectivity index (χ1n) is 11.4. The van der Waals surface area contributed by atoms with Gasteiger partial charge in [0, 0.05) is 18.4 Å². The van der Waals surface area contributed by atoms with Gasteiger partial charge in [-0.1, -0.05) is 48.5 Å².